The van der Waals surface area contributed by atoms with Gasteiger partial charge < -0.3 is 10.5 Å². The van der Waals surface area contributed by atoms with Gasteiger partial charge in [0.05, 0.1) is 4.92 Å². The second kappa shape index (κ2) is 5.66. The first kappa shape index (κ1) is 14.0. The summed E-state index contributed by atoms with van der Waals surface area (Å²) in [6.07, 6.45) is 1.57. The van der Waals surface area contributed by atoms with E-state index in [1.54, 1.807) is 30.5 Å². The summed E-state index contributed by atoms with van der Waals surface area (Å²) < 4.78 is 5.53. The van der Waals surface area contributed by atoms with Crippen LogP contribution >= 0.6 is 0 Å². The lowest BCUT2D eigenvalue weighted by Gasteiger charge is -2.09. The number of aromatic nitrogens is 1. The fraction of sp³-hybridized carbons (Fsp3) is 0.214. The summed E-state index contributed by atoms with van der Waals surface area (Å²) in [5, 5.41) is 11.0. The molecule has 0 saturated heterocycles. The summed E-state index contributed by atoms with van der Waals surface area (Å²) in [5.41, 5.74) is 7.41. The van der Waals surface area contributed by atoms with Gasteiger partial charge in [-0.2, -0.15) is 0 Å². The lowest BCUT2D eigenvalue weighted by atomic mass is 10.1. The van der Waals surface area contributed by atoms with Crippen LogP contribution in [0.1, 0.15) is 24.1 Å². The van der Waals surface area contributed by atoms with Gasteiger partial charge in [-0.15, -0.1) is 0 Å². The van der Waals surface area contributed by atoms with Crippen LogP contribution in [0.2, 0.25) is 0 Å². The molecule has 2 N–H and O–H groups in total. The number of aryl methyl sites for hydroxylation is 1. The van der Waals surface area contributed by atoms with Gasteiger partial charge in [-0.1, -0.05) is 6.07 Å². The van der Waals surface area contributed by atoms with Crippen LogP contribution in [0.3, 0.4) is 0 Å². The van der Waals surface area contributed by atoms with Crippen molar-refractivity contribution in [3.8, 4) is 11.6 Å². The Morgan fingerprint density at radius 3 is 2.75 bits per heavy atom. The number of nitro benzene ring substituents is 1. The summed E-state index contributed by atoms with van der Waals surface area (Å²) in [7, 11) is 0. The Morgan fingerprint density at radius 1 is 1.35 bits per heavy atom. The van der Waals surface area contributed by atoms with Crippen molar-refractivity contribution in [1.29, 1.82) is 0 Å². The van der Waals surface area contributed by atoms with Gasteiger partial charge in [0.15, 0.2) is 0 Å². The normalized spacial score (nSPS) is 11.9. The molecule has 2 rings (SSSR count). The van der Waals surface area contributed by atoms with E-state index in [-0.39, 0.29) is 23.4 Å². The van der Waals surface area contributed by atoms with Crippen molar-refractivity contribution in [2.45, 2.75) is 19.9 Å². The summed E-state index contributed by atoms with van der Waals surface area (Å²) >= 11 is 0. The molecule has 6 heteroatoms. The quantitative estimate of drug-likeness (QED) is 0.682. The summed E-state index contributed by atoms with van der Waals surface area (Å²) in [4.78, 5) is 14.5. The van der Waals surface area contributed by atoms with Crippen LogP contribution in [0.25, 0.3) is 0 Å². The Bertz CT molecular complexity index is 641. The maximum Gasteiger partial charge on any atom is 0.311 e. The van der Waals surface area contributed by atoms with Crippen LogP contribution < -0.4 is 10.5 Å². The van der Waals surface area contributed by atoms with Crippen molar-refractivity contribution >= 4 is 5.69 Å². The average Bonchev–Trinajstić information content (AvgIpc) is 2.38. The van der Waals surface area contributed by atoms with E-state index in [0.717, 1.165) is 11.1 Å². The molecule has 0 spiro atoms. The molecule has 6 nitrogen and oxygen atoms in total. The van der Waals surface area contributed by atoms with Gasteiger partial charge >= 0.3 is 5.69 Å². The number of nitrogens with zero attached hydrogens (tertiary/aromatic N) is 2. The Morgan fingerprint density at radius 2 is 2.10 bits per heavy atom. The van der Waals surface area contributed by atoms with Crippen LogP contribution in [-0.4, -0.2) is 9.91 Å². The highest BCUT2D eigenvalue weighted by Gasteiger charge is 2.16. The zero-order chi connectivity index (χ0) is 14.7. The molecule has 2 aromatic rings. The SMILES string of the molecule is Cc1ccc([N+](=O)[O-])c(Oc2cc([C@@H](C)N)ccn2)c1. The van der Waals surface area contributed by atoms with E-state index < -0.39 is 4.92 Å². The predicted molar refractivity (Wildman–Crippen MR) is 74.7 cm³/mol. The number of rotatable bonds is 4. The zero-order valence-corrected chi connectivity index (χ0v) is 11.2. The fourth-order valence-electron chi connectivity index (χ4n) is 1.73. The molecular formula is C14H15N3O3. The standard InChI is InChI=1S/C14H15N3O3/c1-9-3-4-12(17(18)19)13(7-9)20-14-8-11(10(2)15)5-6-16-14/h3-8,10H,15H2,1-2H3/t10-/m1/s1. The van der Waals surface area contributed by atoms with Crippen molar-refractivity contribution in [1.82, 2.24) is 4.98 Å². The summed E-state index contributed by atoms with van der Waals surface area (Å²) in [6, 6.07) is 7.99. The van der Waals surface area contributed by atoms with Gasteiger partial charge in [-0.05, 0) is 37.1 Å². The van der Waals surface area contributed by atoms with Gasteiger partial charge in [-0.3, -0.25) is 10.1 Å². The molecule has 0 unspecified atom stereocenters. The molecule has 104 valence electrons. The molecule has 0 saturated carbocycles. The monoisotopic (exact) mass is 273 g/mol. The van der Waals surface area contributed by atoms with E-state index in [9.17, 15) is 10.1 Å². The molecule has 0 aliphatic heterocycles. The summed E-state index contributed by atoms with van der Waals surface area (Å²) in [6.45, 7) is 3.68. The number of nitro groups is 1. The van der Waals surface area contributed by atoms with Crippen LogP contribution in [0, 0.1) is 17.0 Å². The first-order chi connectivity index (χ1) is 9.47. The number of hydrogen-bond donors (Lipinski definition) is 1. The van der Waals surface area contributed by atoms with Crippen molar-refractivity contribution in [3.63, 3.8) is 0 Å². The van der Waals surface area contributed by atoms with Crippen molar-refractivity contribution in [3.05, 3.63) is 57.8 Å². The van der Waals surface area contributed by atoms with Gasteiger partial charge in [0, 0.05) is 24.4 Å². The van der Waals surface area contributed by atoms with Gasteiger partial charge in [0.25, 0.3) is 0 Å². The molecule has 0 fully saturated rings. The number of benzene rings is 1. The third-order valence-electron chi connectivity index (χ3n) is 2.81. The minimum Gasteiger partial charge on any atom is -0.432 e. The Balaban J connectivity index is 2.36. The van der Waals surface area contributed by atoms with Gasteiger partial charge in [0.2, 0.25) is 11.6 Å². The first-order valence-corrected chi connectivity index (χ1v) is 6.12. The van der Waals surface area contributed by atoms with E-state index in [4.69, 9.17) is 10.5 Å². The van der Waals surface area contributed by atoms with E-state index >= 15 is 0 Å². The number of pyridine rings is 1. The first-order valence-electron chi connectivity index (χ1n) is 6.12. The van der Waals surface area contributed by atoms with Crippen LogP contribution in [0.5, 0.6) is 11.6 Å². The van der Waals surface area contributed by atoms with Crippen molar-refractivity contribution < 1.29 is 9.66 Å². The van der Waals surface area contributed by atoms with E-state index in [1.807, 2.05) is 13.8 Å². The predicted octanol–water partition coefficient (Wildman–Crippen LogP) is 3.11. The molecule has 0 aliphatic carbocycles. The van der Waals surface area contributed by atoms with Crippen LogP contribution in [0.15, 0.2) is 36.5 Å². The summed E-state index contributed by atoms with van der Waals surface area (Å²) in [5.74, 6) is 0.456. The lowest BCUT2D eigenvalue weighted by Crippen LogP contribution is -2.05. The van der Waals surface area contributed by atoms with Gasteiger partial charge in [0.1, 0.15) is 0 Å². The number of ether oxygens (including phenoxy) is 1. The van der Waals surface area contributed by atoms with E-state index in [0.29, 0.717) is 0 Å². The molecular weight excluding hydrogens is 258 g/mol. The molecule has 0 aliphatic rings. The molecule has 1 atom stereocenters. The van der Waals surface area contributed by atoms with Crippen LogP contribution in [0.4, 0.5) is 5.69 Å². The zero-order valence-electron chi connectivity index (χ0n) is 11.2. The molecule has 1 aromatic heterocycles. The third kappa shape index (κ3) is 3.10. The molecule has 0 amide bonds. The topological polar surface area (TPSA) is 91.3 Å². The van der Waals surface area contributed by atoms with E-state index in [2.05, 4.69) is 4.98 Å². The molecule has 20 heavy (non-hydrogen) atoms. The number of nitrogens with two attached hydrogens (primary N) is 1. The number of hydrogen-bond acceptors (Lipinski definition) is 5. The van der Waals surface area contributed by atoms with Gasteiger partial charge in [-0.25, -0.2) is 4.98 Å². The second-order valence-electron chi connectivity index (χ2n) is 4.55. The molecule has 1 heterocycles. The molecule has 0 bridgehead atoms. The highest BCUT2D eigenvalue weighted by Crippen LogP contribution is 2.31. The third-order valence-corrected chi connectivity index (χ3v) is 2.81. The van der Waals surface area contributed by atoms with Crippen molar-refractivity contribution in [2.24, 2.45) is 5.73 Å². The van der Waals surface area contributed by atoms with E-state index in [1.165, 1.54) is 6.07 Å². The maximum absolute atomic E-state index is 11.0. The Labute approximate surface area is 116 Å². The fourth-order valence-corrected chi connectivity index (χ4v) is 1.73. The highest BCUT2D eigenvalue weighted by atomic mass is 16.6. The largest absolute Gasteiger partial charge is 0.432 e. The smallest absolute Gasteiger partial charge is 0.311 e. The molecule has 1 aromatic carbocycles. The minimum atomic E-state index is -0.482. The average molecular weight is 273 g/mol. The van der Waals surface area contributed by atoms with Crippen molar-refractivity contribution in [2.75, 3.05) is 0 Å². The Kier molecular flexibility index (Phi) is 3.95. The lowest BCUT2D eigenvalue weighted by molar-refractivity contribution is -0.385. The van der Waals surface area contributed by atoms with Crippen LogP contribution in [-0.2, 0) is 0 Å². The maximum atomic E-state index is 11.0. The Hall–Kier alpha value is -2.47. The highest BCUT2D eigenvalue weighted by molar-refractivity contribution is 5.49. The second-order valence-corrected chi connectivity index (χ2v) is 4.55. The minimum absolute atomic E-state index is 0.0939. The molecule has 0 radical (unpaired) electrons.